The molecule has 0 fully saturated rings. The minimum absolute atomic E-state index is 0.0101. The van der Waals surface area contributed by atoms with Crippen LogP contribution in [0.15, 0.2) is 72.8 Å². The van der Waals surface area contributed by atoms with E-state index in [-0.39, 0.29) is 37.1 Å². The topological polar surface area (TPSA) is 129 Å². The molecule has 210 valence electrons. The number of fused-ring (bicyclic) bond motifs is 11. The number of para-hydroxylation sites is 1. The van der Waals surface area contributed by atoms with Crippen LogP contribution in [0.4, 0.5) is 0 Å². The molecule has 3 aromatic carbocycles. The van der Waals surface area contributed by atoms with Crippen LogP contribution in [0.5, 0.6) is 0 Å². The summed E-state index contributed by atoms with van der Waals surface area (Å²) in [5.74, 6) is -1.51. The number of nitrogens with one attached hydrogen (secondary N) is 4. The molecule has 9 heteroatoms. The van der Waals surface area contributed by atoms with E-state index in [0.717, 1.165) is 38.9 Å². The first-order valence-corrected chi connectivity index (χ1v) is 13.5. The normalized spacial score (nSPS) is 17.8. The Labute approximate surface area is 237 Å². The summed E-state index contributed by atoms with van der Waals surface area (Å²) in [6.45, 7) is 1.56. The zero-order valence-corrected chi connectivity index (χ0v) is 23.0. The van der Waals surface area contributed by atoms with Crippen LogP contribution in [0.25, 0.3) is 22.2 Å². The van der Waals surface area contributed by atoms with Crippen molar-refractivity contribution in [1.29, 1.82) is 0 Å². The van der Waals surface area contributed by atoms with Crippen LogP contribution < -0.4 is 16.0 Å². The highest BCUT2D eigenvalue weighted by molar-refractivity contribution is 5.93. The quantitative estimate of drug-likeness (QED) is 0.284. The van der Waals surface area contributed by atoms with E-state index in [4.69, 9.17) is 4.74 Å². The second kappa shape index (κ2) is 12.1. The van der Waals surface area contributed by atoms with Gasteiger partial charge in [0.1, 0.15) is 12.1 Å². The first-order valence-electron chi connectivity index (χ1n) is 13.5. The highest BCUT2D eigenvalue weighted by Crippen LogP contribution is 2.32. The molecule has 0 radical (unpaired) electrons. The largest absolute Gasteiger partial charge is 0.467 e. The Hall–Kier alpha value is -4.92. The highest BCUT2D eigenvalue weighted by Gasteiger charge is 2.27. The van der Waals surface area contributed by atoms with E-state index in [1.165, 1.54) is 14.0 Å². The van der Waals surface area contributed by atoms with Crippen LogP contribution in [-0.4, -0.2) is 47.9 Å². The molecule has 6 rings (SSSR count). The van der Waals surface area contributed by atoms with E-state index < -0.39 is 18.1 Å². The molecule has 41 heavy (non-hydrogen) atoms. The van der Waals surface area contributed by atoms with Crippen LogP contribution in [0.1, 0.15) is 29.2 Å². The predicted molar refractivity (Wildman–Crippen MR) is 155 cm³/mol. The molecule has 4 aromatic rings. The number of rotatable bonds is 2. The molecule has 1 aromatic heterocycles. The maximum atomic E-state index is 13.3. The maximum Gasteiger partial charge on any atom is 0.328 e. The van der Waals surface area contributed by atoms with E-state index in [1.54, 1.807) is 0 Å². The highest BCUT2D eigenvalue weighted by atomic mass is 16.5. The fourth-order valence-corrected chi connectivity index (χ4v) is 5.32. The predicted octanol–water partition coefficient (Wildman–Crippen LogP) is 2.95. The number of aromatic amines is 1. The minimum atomic E-state index is -0.908. The van der Waals surface area contributed by atoms with Crippen LogP contribution in [0.3, 0.4) is 0 Å². The van der Waals surface area contributed by atoms with Crippen molar-refractivity contribution in [1.82, 2.24) is 20.9 Å². The molecule has 0 spiro atoms. The SMILES string of the molecule is COC(=O)[C@@H]1Cc2c([nH]c3ccccc23)-c2ccc(cc2)C[C@H](NC(C)=O)C(=O)NCc2ccccc2CC(=O)N1. The summed E-state index contributed by atoms with van der Waals surface area (Å²) in [5, 5.41) is 9.48. The number of hydrogen-bond acceptors (Lipinski definition) is 5. The van der Waals surface area contributed by atoms with Crippen LogP contribution in [-0.2, 0) is 49.7 Å². The van der Waals surface area contributed by atoms with Crippen molar-refractivity contribution in [3.63, 3.8) is 0 Å². The number of ether oxygens (including phenoxy) is 1. The Kier molecular flexibility index (Phi) is 8.14. The molecule has 2 bridgehead atoms. The summed E-state index contributed by atoms with van der Waals surface area (Å²) in [6, 6.07) is 21.2. The van der Waals surface area contributed by atoms with Crippen molar-refractivity contribution in [3.05, 3.63) is 95.1 Å². The summed E-state index contributed by atoms with van der Waals surface area (Å²) < 4.78 is 5.08. The lowest BCUT2D eigenvalue weighted by molar-refractivity contribution is -0.145. The second-order valence-electron chi connectivity index (χ2n) is 10.2. The fraction of sp³-hybridized carbons (Fsp3) is 0.250. The van der Waals surface area contributed by atoms with Gasteiger partial charge in [0.2, 0.25) is 17.7 Å². The standard InChI is InChI=1S/C32H32N4O5/c1-19(37)34-27-15-20-11-13-21(14-12-20)30-25(24-9-5-6-10-26(24)36-30)17-28(32(40)41-2)35-29(38)16-22-7-3-4-8-23(22)18-33-31(27)39/h3-14,27-28,36H,15-18H2,1-2H3,(H,33,39)(H,34,37)(H,35,38)/t27-,28-/m0/s1. The molecular weight excluding hydrogens is 520 g/mol. The third-order valence-electron chi connectivity index (χ3n) is 7.34. The summed E-state index contributed by atoms with van der Waals surface area (Å²) in [7, 11) is 1.31. The minimum Gasteiger partial charge on any atom is -0.467 e. The average molecular weight is 553 g/mol. The van der Waals surface area contributed by atoms with Gasteiger partial charge in [0.05, 0.1) is 13.5 Å². The molecular formula is C32H32N4O5. The fourth-order valence-electron chi connectivity index (χ4n) is 5.32. The van der Waals surface area contributed by atoms with Gasteiger partial charge in [-0.25, -0.2) is 4.79 Å². The van der Waals surface area contributed by atoms with E-state index in [2.05, 4.69) is 20.9 Å². The molecule has 0 saturated carbocycles. The van der Waals surface area contributed by atoms with Gasteiger partial charge in [0, 0.05) is 42.9 Å². The Morgan fingerprint density at radius 3 is 2.34 bits per heavy atom. The number of aromatic nitrogens is 1. The molecule has 0 unspecified atom stereocenters. The van der Waals surface area contributed by atoms with Gasteiger partial charge in [-0.1, -0.05) is 66.7 Å². The number of methoxy groups -OCH3 is 1. The van der Waals surface area contributed by atoms with Crippen molar-refractivity contribution in [2.24, 2.45) is 0 Å². The third-order valence-corrected chi connectivity index (χ3v) is 7.34. The van der Waals surface area contributed by atoms with Gasteiger partial charge in [0.15, 0.2) is 0 Å². The summed E-state index contributed by atoms with van der Waals surface area (Å²) in [6.07, 6.45) is 0.539. The zero-order valence-electron chi connectivity index (χ0n) is 23.0. The zero-order chi connectivity index (χ0) is 28.9. The molecule has 2 atom stereocenters. The van der Waals surface area contributed by atoms with Gasteiger partial charge < -0.3 is 25.7 Å². The molecule has 0 saturated heterocycles. The lowest BCUT2D eigenvalue weighted by Gasteiger charge is -2.20. The first-order chi connectivity index (χ1) is 19.8. The average Bonchev–Trinajstić information content (AvgIpc) is 3.33. The Balaban J connectivity index is 1.60. The maximum absolute atomic E-state index is 13.3. The second-order valence-corrected chi connectivity index (χ2v) is 10.2. The van der Waals surface area contributed by atoms with Crippen LogP contribution in [0, 0.1) is 0 Å². The van der Waals surface area contributed by atoms with Crippen molar-refractivity contribution < 1.29 is 23.9 Å². The smallest absolute Gasteiger partial charge is 0.328 e. The number of amides is 3. The van der Waals surface area contributed by atoms with E-state index >= 15 is 0 Å². The summed E-state index contributed by atoms with van der Waals surface area (Å²) in [5.41, 5.74) is 5.83. The van der Waals surface area contributed by atoms with E-state index in [9.17, 15) is 19.2 Å². The Morgan fingerprint density at radius 1 is 0.902 bits per heavy atom. The molecule has 3 amide bonds. The van der Waals surface area contributed by atoms with Gasteiger partial charge in [-0.05, 0) is 33.9 Å². The number of hydrogen-bond donors (Lipinski definition) is 4. The van der Waals surface area contributed by atoms with Crippen molar-refractivity contribution in [2.75, 3.05) is 7.11 Å². The number of benzene rings is 3. The van der Waals surface area contributed by atoms with Crippen molar-refractivity contribution in [2.45, 2.75) is 44.8 Å². The van der Waals surface area contributed by atoms with E-state index in [1.807, 2.05) is 72.8 Å². The lowest BCUT2D eigenvalue weighted by Crippen LogP contribution is -2.47. The number of esters is 1. The number of carbonyl (C=O) groups is 4. The Bertz CT molecular complexity index is 1610. The third kappa shape index (κ3) is 6.30. The van der Waals surface area contributed by atoms with E-state index in [0.29, 0.717) is 12.0 Å². The molecule has 3 heterocycles. The number of carbonyl (C=O) groups excluding carboxylic acids is 4. The van der Waals surface area contributed by atoms with Crippen molar-refractivity contribution in [3.8, 4) is 11.3 Å². The lowest BCUT2D eigenvalue weighted by atomic mass is 9.96. The van der Waals surface area contributed by atoms with Gasteiger partial charge >= 0.3 is 5.97 Å². The van der Waals surface area contributed by atoms with Crippen LogP contribution >= 0.6 is 0 Å². The number of H-pyrrole nitrogens is 1. The molecule has 2 aliphatic heterocycles. The van der Waals surface area contributed by atoms with Gasteiger partial charge in [-0.15, -0.1) is 0 Å². The van der Waals surface area contributed by atoms with Gasteiger partial charge in [-0.3, -0.25) is 14.4 Å². The molecule has 2 aliphatic rings. The summed E-state index contributed by atoms with van der Waals surface area (Å²) >= 11 is 0. The first kappa shape index (κ1) is 27.6. The van der Waals surface area contributed by atoms with Gasteiger partial charge in [-0.2, -0.15) is 0 Å². The van der Waals surface area contributed by atoms with Crippen molar-refractivity contribution >= 4 is 34.6 Å². The molecule has 4 N–H and O–H groups in total. The molecule has 0 aliphatic carbocycles. The van der Waals surface area contributed by atoms with Gasteiger partial charge in [0.25, 0.3) is 0 Å². The monoisotopic (exact) mass is 552 g/mol. The molecule has 9 nitrogen and oxygen atoms in total. The summed E-state index contributed by atoms with van der Waals surface area (Å²) in [4.78, 5) is 54.7. The Morgan fingerprint density at radius 2 is 1.61 bits per heavy atom. The van der Waals surface area contributed by atoms with Crippen LogP contribution in [0.2, 0.25) is 0 Å².